The normalized spacial score (nSPS) is 9.27. The van der Waals surface area contributed by atoms with Gasteiger partial charge in [0.15, 0.2) is 0 Å². The van der Waals surface area contributed by atoms with Gasteiger partial charge in [0.25, 0.3) is 0 Å². The first-order chi connectivity index (χ1) is 7.26. The summed E-state index contributed by atoms with van der Waals surface area (Å²) in [4.78, 5) is 0. The van der Waals surface area contributed by atoms with E-state index >= 15 is 0 Å². The monoisotopic (exact) mass is 208 g/mol. The SMILES string of the molecule is C=CC(=C)/C(C=C)=C\N=NC.CC.CC. The van der Waals surface area contributed by atoms with Crippen molar-refractivity contribution < 1.29 is 0 Å². The Labute approximate surface area is 94.8 Å². The van der Waals surface area contributed by atoms with Gasteiger partial charge in [0.1, 0.15) is 0 Å². The predicted molar refractivity (Wildman–Crippen MR) is 71.1 cm³/mol. The molecule has 0 aliphatic rings. The van der Waals surface area contributed by atoms with E-state index in [1.54, 1.807) is 25.4 Å². The molecule has 0 aromatic carbocycles. The van der Waals surface area contributed by atoms with Gasteiger partial charge in [-0.1, -0.05) is 59.6 Å². The van der Waals surface area contributed by atoms with Gasteiger partial charge in [0.2, 0.25) is 0 Å². The summed E-state index contributed by atoms with van der Waals surface area (Å²) < 4.78 is 0. The van der Waals surface area contributed by atoms with E-state index in [0.29, 0.717) is 0 Å². The largest absolute Gasteiger partial charge is 0.193 e. The van der Waals surface area contributed by atoms with Crippen LogP contribution in [0.15, 0.2) is 59.5 Å². The van der Waals surface area contributed by atoms with E-state index in [1.807, 2.05) is 27.7 Å². The second kappa shape index (κ2) is 18.4. The van der Waals surface area contributed by atoms with Crippen LogP contribution in [0, 0.1) is 0 Å². The number of allylic oxidation sites excluding steroid dienone is 4. The highest BCUT2D eigenvalue weighted by molar-refractivity contribution is 5.42. The zero-order valence-electron chi connectivity index (χ0n) is 10.7. The van der Waals surface area contributed by atoms with Crippen LogP contribution < -0.4 is 0 Å². The summed E-state index contributed by atoms with van der Waals surface area (Å²) >= 11 is 0. The first-order valence-electron chi connectivity index (χ1n) is 5.19. The first-order valence-corrected chi connectivity index (χ1v) is 5.19. The zero-order chi connectivity index (χ0) is 12.7. The number of azo groups is 1. The highest BCUT2D eigenvalue weighted by Gasteiger charge is 1.90. The molecule has 15 heavy (non-hydrogen) atoms. The molecule has 2 nitrogen and oxygen atoms in total. The first kappa shape index (κ1) is 19.2. The Bertz CT molecular complexity index is 223. The van der Waals surface area contributed by atoms with Crippen LogP contribution in [-0.2, 0) is 0 Å². The lowest BCUT2D eigenvalue weighted by atomic mass is 10.1. The predicted octanol–water partition coefficient (Wildman–Crippen LogP) is 4.93. The topological polar surface area (TPSA) is 24.7 Å². The Kier molecular flexibility index (Phi) is 23.5. The van der Waals surface area contributed by atoms with Gasteiger partial charge >= 0.3 is 0 Å². The van der Waals surface area contributed by atoms with Crippen molar-refractivity contribution in [1.29, 1.82) is 0 Å². The Hall–Kier alpha value is -1.44. The van der Waals surface area contributed by atoms with E-state index < -0.39 is 0 Å². The standard InChI is InChI=1S/C9H12N2.2C2H6/c1-5-8(3)9(6-2)7-11-10-4;2*1-2/h5-7H,1-3H2,4H3;2*1-2H3/b9-7-,11-10?;;. The minimum atomic E-state index is 0.799. The molecule has 0 saturated heterocycles. The second-order valence-electron chi connectivity index (χ2n) is 1.83. The molecule has 0 atom stereocenters. The number of nitrogens with zero attached hydrogens (tertiary/aromatic N) is 2. The summed E-state index contributed by atoms with van der Waals surface area (Å²) in [7, 11) is 1.61. The lowest BCUT2D eigenvalue weighted by Gasteiger charge is -1.95. The summed E-state index contributed by atoms with van der Waals surface area (Å²) in [6, 6.07) is 0. The lowest BCUT2D eigenvalue weighted by molar-refractivity contribution is 1.15. The molecule has 0 aromatic heterocycles. The van der Waals surface area contributed by atoms with Crippen molar-refractivity contribution in [3.8, 4) is 0 Å². The van der Waals surface area contributed by atoms with Gasteiger partial charge < -0.3 is 0 Å². The average molecular weight is 208 g/mol. The Morgan fingerprint density at radius 2 is 1.47 bits per heavy atom. The van der Waals surface area contributed by atoms with E-state index in [1.165, 1.54) is 0 Å². The summed E-state index contributed by atoms with van der Waals surface area (Å²) in [5, 5.41) is 7.26. The van der Waals surface area contributed by atoms with Crippen LogP contribution in [-0.4, -0.2) is 7.05 Å². The van der Waals surface area contributed by atoms with Gasteiger partial charge in [-0.15, -0.1) is 0 Å². The van der Waals surface area contributed by atoms with Crippen LogP contribution >= 0.6 is 0 Å². The van der Waals surface area contributed by atoms with E-state index in [0.717, 1.165) is 11.1 Å². The lowest BCUT2D eigenvalue weighted by Crippen LogP contribution is -1.77. The van der Waals surface area contributed by atoms with Gasteiger partial charge in [0, 0.05) is 12.6 Å². The van der Waals surface area contributed by atoms with Crippen molar-refractivity contribution >= 4 is 0 Å². The molecule has 0 fully saturated rings. The molecule has 0 N–H and O–H groups in total. The van der Waals surface area contributed by atoms with Crippen LogP contribution in [0.2, 0.25) is 0 Å². The highest BCUT2D eigenvalue weighted by Crippen LogP contribution is 2.09. The molecule has 0 spiro atoms. The van der Waals surface area contributed by atoms with Crippen molar-refractivity contribution in [2.24, 2.45) is 10.2 Å². The molecule has 0 aliphatic heterocycles. The molecule has 0 unspecified atom stereocenters. The Morgan fingerprint density at radius 1 is 1.00 bits per heavy atom. The summed E-state index contributed by atoms with van der Waals surface area (Å²) in [5.41, 5.74) is 1.64. The molecular formula is C13H24N2. The van der Waals surface area contributed by atoms with Crippen molar-refractivity contribution in [1.82, 2.24) is 0 Å². The molecule has 0 heterocycles. The van der Waals surface area contributed by atoms with Crippen LogP contribution in [0.1, 0.15) is 27.7 Å². The number of rotatable bonds is 4. The third kappa shape index (κ3) is 12.6. The van der Waals surface area contributed by atoms with E-state index in [4.69, 9.17) is 0 Å². The van der Waals surface area contributed by atoms with E-state index in [2.05, 4.69) is 30.0 Å². The fourth-order valence-electron chi connectivity index (χ4n) is 0.504. The fraction of sp³-hybridized carbons (Fsp3) is 0.385. The fourth-order valence-corrected chi connectivity index (χ4v) is 0.504. The molecule has 0 aromatic rings. The molecule has 86 valence electrons. The van der Waals surface area contributed by atoms with Gasteiger partial charge in [0.05, 0.1) is 6.20 Å². The Morgan fingerprint density at radius 3 is 1.73 bits per heavy atom. The van der Waals surface area contributed by atoms with E-state index in [-0.39, 0.29) is 0 Å². The summed E-state index contributed by atoms with van der Waals surface area (Å²) in [5.74, 6) is 0. The molecule has 0 amide bonds. The van der Waals surface area contributed by atoms with Crippen LogP contribution in [0.5, 0.6) is 0 Å². The molecule has 0 saturated carbocycles. The van der Waals surface area contributed by atoms with Crippen LogP contribution in [0.4, 0.5) is 0 Å². The maximum absolute atomic E-state index is 3.74. The zero-order valence-corrected chi connectivity index (χ0v) is 10.7. The molecule has 0 bridgehead atoms. The minimum Gasteiger partial charge on any atom is -0.193 e. The molecule has 0 radical (unpaired) electrons. The van der Waals surface area contributed by atoms with Gasteiger partial charge in [-0.25, -0.2) is 0 Å². The third-order valence-corrected chi connectivity index (χ3v) is 1.15. The maximum atomic E-state index is 3.74. The minimum absolute atomic E-state index is 0.799. The van der Waals surface area contributed by atoms with Crippen molar-refractivity contribution in [3.05, 3.63) is 49.2 Å². The molecular weight excluding hydrogens is 184 g/mol. The average Bonchev–Trinajstić information content (AvgIpc) is 2.34. The molecule has 2 heteroatoms. The summed E-state index contributed by atoms with van der Waals surface area (Å²) in [6.07, 6.45) is 4.91. The summed E-state index contributed by atoms with van der Waals surface area (Å²) in [6.45, 7) is 18.9. The van der Waals surface area contributed by atoms with Gasteiger partial charge in [-0.2, -0.15) is 10.2 Å². The molecule has 0 rings (SSSR count). The third-order valence-electron chi connectivity index (χ3n) is 1.15. The molecule has 0 aliphatic carbocycles. The smallest absolute Gasteiger partial charge is 0.0569 e. The van der Waals surface area contributed by atoms with Crippen molar-refractivity contribution in [3.63, 3.8) is 0 Å². The van der Waals surface area contributed by atoms with Crippen molar-refractivity contribution in [2.45, 2.75) is 27.7 Å². The van der Waals surface area contributed by atoms with Crippen LogP contribution in [0.25, 0.3) is 0 Å². The maximum Gasteiger partial charge on any atom is 0.0569 e. The van der Waals surface area contributed by atoms with E-state index in [9.17, 15) is 0 Å². The number of hydrogen-bond acceptors (Lipinski definition) is 2. The second-order valence-corrected chi connectivity index (χ2v) is 1.83. The highest BCUT2D eigenvalue weighted by atomic mass is 15.1. The van der Waals surface area contributed by atoms with Gasteiger partial charge in [-0.05, 0) is 5.57 Å². The van der Waals surface area contributed by atoms with Gasteiger partial charge in [-0.3, -0.25) is 0 Å². The quantitative estimate of drug-likeness (QED) is 0.462. The van der Waals surface area contributed by atoms with Crippen molar-refractivity contribution in [2.75, 3.05) is 7.05 Å². The Balaban J connectivity index is -0.000000318. The van der Waals surface area contributed by atoms with Crippen LogP contribution in [0.3, 0.4) is 0 Å². The number of hydrogen-bond donors (Lipinski definition) is 0.